The van der Waals surface area contributed by atoms with E-state index in [9.17, 15) is 31.5 Å². The molecule has 0 saturated carbocycles. The molecule has 214 valence electrons. The number of carbonyl (C=O) groups is 1. The third-order valence-electron chi connectivity index (χ3n) is 7.86. The number of benzene rings is 1. The van der Waals surface area contributed by atoms with Gasteiger partial charge in [0.1, 0.15) is 16.7 Å². The van der Waals surface area contributed by atoms with Crippen LogP contribution in [0.1, 0.15) is 32.1 Å². The number of nitrogens with zero attached hydrogens (tertiary/aromatic N) is 4. The Labute approximate surface area is 224 Å². The van der Waals surface area contributed by atoms with Crippen LogP contribution >= 0.6 is 0 Å². The van der Waals surface area contributed by atoms with E-state index in [-0.39, 0.29) is 36.8 Å². The second-order valence-corrected chi connectivity index (χ2v) is 12.5. The van der Waals surface area contributed by atoms with Gasteiger partial charge in [-0.2, -0.15) is 22.6 Å². The number of piperidine rings is 1. The third kappa shape index (κ3) is 5.93. The summed E-state index contributed by atoms with van der Waals surface area (Å²) in [5.74, 6) is -0.391. The molecule has 2 aromatic rings. The molecule has 39 heavy (non-hydrogen) atoms. The number of fused-ring (bicyclic) bond motifs is 2. The zero-order chi connectivity index (χ0) is 28.0. The molecule has 0 bridgehead atoms. The quantitative estimate of drug-likeness (QED) is 0.578. The van der Waals surface area contributed by atoms with Crippen LogP contribution in [-0.4, -0.2) is 95.1 Å². The molecule has 5 rings (SSSR count). The lowest BCUT2D eigenvalue weighted by Gasteiger charge is -2.43. The standard InChI is InChI=1S/C25H32F3N5O5S/c1-31-15-18(14-29-31)17-2-3-22-21(12-17)38-11-7-24(4-8-32(9-5-24)10-6-25(26,27)28)30-23(35)20-13-19(34)16-33(20)39(22,36)37/h2-3,12,14-15,19-20,34H,4-11,13,16H2,1H3,(H,30,35)/t19-,20+/m1/s1. The first kappa shape index (κ1) is 27.9. The number of amides is 1. The number of rotatable bonds is 3. The minimum atomic E-state index is -4.24. The lowest BCUT2D eigenvalue weighted by atomic mass is 9.84. The zero-order valence-corrected chi connectivity index (χ0v) is 22.3. The number of aliphatic hydroxyl groups is 1. The Balaban J connectivity index is 1.46. The van der Waals surface area contributed by atoms with Gasteiger partial charge in [0.25, 0.3) is 0 Å². The van der Waals surface area contributed by atoms with Gasteiger partial charge in [0.2, 0.25) is 15.9 Å². The highest BCUT2D eigenvalue weighted by Crippen LogP contribution is 2.37. The number of hydrogen-bond donors (Lipinski definition) is 2. The van der Waals surface area contributed by atoms with Crippen molar-refractivity contribution in [3.8, 4) is 16.9 Å². The van der Waals surface area contributed by atoms with Crippen LogP contribution in [0.3, 0.4) is 0 Å². The number of aryl methyl sites for hydroxylation is 1. The molecule has 4 heterocycles. The molecule has 2 saturated heterocycles. The van der Waals surface area contributed by atoms with E-state index in [1.165, 1.54) is 6.07 Å². The minimum absolute atomic E-state index is 0.0528. The molecule has 3 aliphatic heterocycles. The summed E-state index contributed by atoms with van der Waals surface area (Å²) in [6.07, 6.45) is -1.64. The molecule has 1 aromatic heterocycles. The van der Waals surface area contributed by atoms with Crippen LogP contribution in [-0.2, 0) is 21.9 Å². The molecule has 2 N–H and O–H groups in total. The van der Waals surface area contributed by atoms with Crippen LogP contribution in [0.25, 0.3) is 11.1 Å². The number of aromatic nitrogens is 2. The Morgan fingerprint density at radius 1 is 1.21 bits per heavy atom. The van der Waals surface area contributed by atoms with Crippen LogP contribution in [0.4, 0.5) is 13.2 Å². The van der Waals surface area contributed by atoms with Crippen LogP contribution in [0.15, 0.2) is 35.5 Å². The maximum Gasteiger partial charge on any atom is 0.390 e. The largest absolute Gasteiger partial charge is 0.492 e. The van der Waals surface area contributed by atoms with Gasteiger partial charge in [-0.3, -0.25) is 9.48 Å². The first-order valence-corrected chi connectivity index (χ1v) is 14.4. The lowest BCUT2D eigenvalue weighted by molar-refractivity contribution is -0.139. The molecule has 0 radical (unpaired) electrons. The Morgan fingerprint density at radius 2 is 1.95 bits per heavy atom. The van der Waals surface area contributed by atoms with Gasteiger partial charge in [0, 0.05) is 63.4 Å². The monoisotopic (exact) mass is 571 g/mol. The van der Waals surface area contributed by atoms with E-state index in [1.54, 1.807) is 41.2 Å². The SMILES string of the molecule is Cn1cc(-c2ccc3c(c2)OCCC2(CCN(CCC(F)(F)F)CC2)NC(=O)[C@@H]2C[C@@H](O)CN2S3(=O)=O)cn1. The number of aliphatic hydroxyl groups excluding tert-OH is 1. The third-order valence-corrected chi connectivity index (χ3v) is 9.77. The van der Waals surface area contributed by atoms with E-state index in [4.69, 9.17) is 4.74 Å². The average molecular weight is 572 g/mol. The van der Waals surface area contributed by atoms with E-state index in [0.717, 1.165) is 9.87 Å². The van der Waals surface area contributed by atoms with Crippen LogP contribution in [0.2, 0.25) is 0 Å². The molecule has 10 nitrogen and oxygen atoms in total. The first-order valence-electron chi connectivity index (χ1n) is 12.9. The molecular weight excluding hydrogens is 539 g/mol. The molecule has 1 aromatic carbocycles. The van der Waals surface area contributed by atoms with E-state index >= 15 is 0 Å². The first-order chi connectivity index (χ1) is 18.4. The normalized spacial score (nSPS) is 25.8. The number of alkyl halides is 3. The highest BCUT2D eigenvalue weighted by Gasteiger charge is 2.47. The Morgan fingerprint density at radius 3 is 2.62 bits per heavy atom. The van der Waals surface area contributed by atoms with Crippen LogP contribution in [0, 0.1) is 0 Å². The second kappa shape index (κ2) is 10.4. The predicted molar refractivity (Wildman–Crippen MR) is 134 cm³/mol. The van der Waals surface area contributed by atoms with Crippen molar-refractivity contribution in [2.45, 2.75) is 60.9 Å². The molecule has 1 amide bonds. The van der Waals surface area contributed by atoms with Gasteiger partial charge in [-0.25, -0.2) is 8.42 Å². The fourth-order valence-electron chi connectivity index (χ4n) is 5.63. The van der Waals surface area contributed by atoms with Crippen molar-refractivity contribution in [1.29, 1.82) is 0 Å². The number of sulfonamides is 1. The summed E-state index contributed by atoms with van der Waals surface area (Å²) in [7, 11) is -2.45. The summed E-state index contributed by atoms with van der Waals surface area (Å²) < 4.78 is 74.5. The zero-order valence-electron chi connectivity index (χ0n) is 21.5. The molecule has 0 aliphatic carbocycles. The number of likely N-dealkylation sites (tertiary alicyclic amines) is 1. The predicted octanol–water partition coefficient (Wildman–Crippen LogP) is 1.90. The molecule has 2 fully saturated rings. The summed E-state index contributed by atoms with van der Waals surface area (Å²) in [4.78, 5) is 15.1. The van der Waals surface area contributed by atoms with Gasteiger partial charge in [-0.15, -0.1) is 0 Å². The molecule has 14 heteroatoms. The van der Waals surface area contributed by atoms with Crippen molar-refractivity contribution in [1.82, 2.24) is 24.3 Å². The molecule has 2 atom stereocenters. The van der Waals surface area contributed by atoms with Crippen molar-refractivity contribution >= 4 is 15.9 Å². The molecule has 3 aliphatic rings. The number of halogens is 3. The van der Waals surface area contributed by atoms with Crippen LogP contribution < -0.4 is 10.1 Å². The summed E-state index contributed by atoms with van der Waals surface area (Å²) >= 11 is 0. The van der Waals surface area contributed by atoms with Crippen LogP contribution in [0.5, 0.6) is 5.75 Å². The van der Waals surface area contributed by atoms with Crippen molar-refractivity contribution in [3.05, 3.63) is 30.6 Å². The maximum absolute atomic E-state index is 13.8. The molecular formula is C25H32F3N5O5S. The number of hydrogen-bond acceptors (Lipinski definition) is 7. The average Bonchev–Trinajstić information content (AvgIpc) is 3.48. The Hall–Kier alpha value is -2.68. The fourth-order valence-corrected chi connectivity index (χ4v) is 7.38. The summed E-state index contributed by atoms with van der Waals surface area (Å²) in [6.45, 7) is 0.452. The van der Waals surface area contributed by atoms with Gasteiger partial charge in [-0.05, 0) is 30.5 Å². The van der Waals surface area contributed by atoms with Gasteiger partial charge in [-0.1, -0.05) is 6.07 Å². The van der Waals surface area contributed by atoms with E-state index in [2.05, 4.69) is 10.4 Å². The molecule has 1 spiro atoms. The smallest absolute Gasteiger partial charge is 0.390 e. The van der Waals surface area contributed by atoms with Gasteiger partial charge in [0.15, 0.2) is 0 Å². The highest BCUT2D eigenvalue weighted by molar-refractivity contribution is 7.89. The minimum Gasteiger partial charge on any atom is -0.492 e. The maximum atomic E-state index is 13.8. The van der Waals surface area contributed by atoms with Gasteiger partial charge in [0.05, 0.1) is 25.3 Å². The summed E-state index contributed by atoms with van der Waals surface area (Å²) in [6, 6.07) is 3.61. The topological polar surface area (TPSA) is 117 Å². The van der Waals surface area contributed by atoms with Crippen molar-refractivity contribution < 1.29 is 36.2 Å². The van der Waals surface area contributed by atoms with E-state index < -0.39 is 46.2 Å². The highest BCUT2D eigenvalue weighted by atomic mass is 32.2. The van der Waals surface area contributed by atoms with Crippen molar-refractivity contribution in [2.24, 2.45) is 7.05 Å². The summed E-state index contributed by atoms with van der Waals surface area (Å²) in [5.41, 5.74) is 0.691. The lowest BCUT2D eigenvalue weighted by Crippen LogP contribution is -2.59. The van der Waals surface area contributed by atoms with E-state index in [0.29, 0.717) is 37.9 Å². The number of ether oxygens (including phenoxy) is 1. The second-order valence-electron chi connectivity index (χ2n) is 10.6. The Bertz CT molecular complexity index is 1320. The fraction of sp³-hybridized carbons (Fsp3) is 0.600. The van der Waals surface area contributed by atoms with Crippen molar-refractivity contribution in [2.75, 3.05) is 32.8 Å². The van der Waals surface area contributed by atoms with Gasteiger partial charge < -0.3 is 20.1 Å². The number of carbonyl (C=O) groups excluding carboxylic acids is 1. The van der Waals surface area contributed by atoms with Gasteiger partial charge >= 0.3 is 6.18 Å². The Kier molecular flexibility index (Phi) is 7.42. The van der Waals surface area contributed by atoms with E-state index in [1.807, 2.05) is 0 Å². The molecule has 0 unspecified atom stereocenters. The summed E-state index contributed by atoms with van der Waals surface area (Å²) in [5, 5.41) is 17.6. The van der Waals surface area contributed by atoms with Crippen molar-refractivity contribution in [3.63, 3.8) is 0 Å². The number of nitrogens with one attached hydrogen (secondary N) is 1.